The predicted octanol–water partition coefficient (Wildman–Crippen LogP) is 4.51. The van der Waals surface area contributed by atoms with Gasteiger partial charge in [0.25, 0.3) is 11.8 Å². The normalized spacial score (nSPS) is 16.6. The summed E-state index contributed by atoms with van der Waals surface area (Å²) in [5, 5.41) is 20.5. The minimum Gasteiger partial charge on any atom is -0.457 e. The van der Waals surface area contributed by atoms with Gasteiger partial charge in [0.2, 0.25) is 0 Å². The number of ether oxygens (including phenoxy) is 1. The van der Waals surface area contributed by atoms with Crippen LogP contribution < -0.4 is 0 Å². The third-order valence-corrected chi connectivity index (χ3v) is 6.84. The van der Waals surface area contributed by atoms with Crippen LogP contribution in [0.2, 0.25) is 0 Å². The number of carbonyl (C=O) groups excluding carboxylic acids is 1. The highest BCUT2D eigenvalue weighted by Crippen LogP contribution is 2.43. The zero-order chi connectivity index (χ0) is 24.9. The highest BCUT2D eigenvalue weighted by atomic mass is 16.5. The van der Waals surface area contributed by atoms with E-state index in [2.05, 4.69) is 10.2 Å². The number of quaternary nitrogens is 1. The highest BCUT2D eigenvalue weighted by molar-refractivity contribution is 5.70. The number of hydrogen-bond donors (Lipinski definition) is 1. The van der Waals surface area contributed by atoms with Gasteiger partial charge in [-0.05, 0) is 30.9 Å². The van der Waals surface area contributed by atoms with Crippen molar-refractivity contribution in [1.29, 1.82) is 0 Å². The number of likely N-dealkylation sites (N-methyl/N-ethyl adjacent to an activating group) is 1. The molecule has 1 unspecified atom stereocenters. The van der Waals surface area contributed by atoms with Gasteiger partial charge in [-0.15, -0.1) is 10.2 Å². The first-order valence-corrected chi connectivity index (χ1v) is 12.4. The number of aromatic nitrogens is 2. The van der Waals surface area contributed by atoms with E-state index in [1.54, 1.807) is 0 Å². The van der Waals surface area contributed by atoms with Crippen LogP contribution in [0.4, 0.5) is 0 Å². The Morgan fingerprint density at radius 2 is 1.74 bits per heavy atom. The lowest BCUT2D eigenvalue weighted by Crippen LogP contribution is -2.43. The molecule has 1 aliphatic carbocycles. The van der Waals surface area contributed by atoms with Crippen molar-refractivity contribution in [3.05, 3.63) is 83.1 Å². The van der Waals surface area contributed by atoms with Crippen LogP contribution in [0.3, 0.4) is 0 Å². The zero-order valence-electron chi connectivity index (χ0n) is 20.9. The van der Waals surface area contributed by atoms with E-state index in [1.807, 2.05) is 75.6 Å². The first-order chi connectivity index (χ1) is 16.8. The molecule has 1 aliphatic rings. The maximum atomic E-state index is 12.5. The fourth-order valence-corrected chi connectivity index (χ4v) is 4.88. The van der Waals surface area contributed by atoms with Crippen LogP contribution in [-0.4, -0.2) is 46.4 Å². The van der Waals surface area contributed by atoms with Gasteiger partial charge in [-0.1, -0.05) is 79.4 Å². The predicted molar refractivity (Wildman–Crippen MR) is 132 cm³/mol. The Labute approximate surface area is 207 Å². The van der Waals surface area contributed by atoms with Crippen molar-refractivity contribution in [3.63, 3.8) is 0 Å². The number of hydrogen-bond acceptors (Lipinski definition) is 6. The molecule has 0 saturated heterocycles. The van der Waals surface area contributed by atoms with E-state index in [-0.39, 0.29) is 30.9 Å². The molecule has 1 atom stereocenters. The van der Waals surface area contributed by atoms with Crippen LogP contribution in [0.15, 0.2) is 59.0 Å². The molecular formula is C28H36N3O4+. The molecule has 1 saturated carbocycles. The third kappa shape index (κ3) is 6.16. The average Bonchev–Trinajstić information content (AvgIpc) is 3.32. The number of nitrogens with zero attached hydrogens (tertiary/aromatic N) is 3. The largest absolute Gasteiger partial charge is 0.457 e. The summed E-state index contributed by atoms with van der Waals surface area (Å²) in [5.41, 5.74) is 1.57. The molecular weight excluding hydrogens is 442 g/mol. The number of benzene rings is 2. The van der Waals surface area contributed by atoms with Gasteiger partial charge in [-0.25, -0.2) is 4.79 Å². The van der Waals surface area contributed by atoms with Crippen LogP contribution in [-0.2, 0) is 28.3 Å². The molecule has 2 aromatic carbocycles. The van der Waals surface area contributed by atoms with Crippen molar-refractivity contribution in [2.45, 2.75) is 57.8 Å². The minimum atomic E-state index is -1.32. The topological polar surface area (TPSA) is 85.5 Å². The third-order valence-electron chi connectivity index (χ3n) is 6.84. The van der Waals surface area contributed by atoms with E-state index in [4.69, 9.17) is 9.15 Å². The van der Waals surface area contributed by atoms with E-state index in [1.165, 1.54) is 12.0 Å². The number of aryl methyl sites for hydroxylation is 1. The fraction of sp³-hybridized carbons (Fsp3) is 0.464. The van der Waals surface area contributed by atoms with E-state index in [0.29, 0.717) is 16.9 Å². The number of esters is 1. The van der Waals surface area contributed by atoms with E-state index >= 15 is 0 Å². The van der Waals surface area contributed by atoms with Crippen LogP contribution in [0, 0.1) is 12.8 Å². The molecule has 4 rings (SSSR count). The summed E-state index contributed by atoms with van der Waals surface area (Å²) in [6.07, 6.45) is 5.17. The van der Waals surface area contributed by atoms with Gasteiger partial charge in [-0.2, -0.15) is 0 Å². The Hall–Kier alpha value is -3.03. The van der Waals surface area contributed by atoms with Crippen LogP contribution >= 0.6 is 0 Å². The lowest BCUT2D eigenvalue weighted by Gasteiger charge is -2.36. The maximum Gasteiger partial charge on any atom is 0.362 e. The summed E-state index contributed by atoms with van der Waals surface area (Å²) < 4.78 is 11.8. The monoisotopic (exact) mass is 478 g/mol. The number of rotatable bonds is 9. The van der Waals surface area contributed by atoms with Gasteiger partial charge in [0, 0.05) is 5.92 Å². The molecule has 0 bridgehead atoms. The van der Waals surface area contributed by atoms with Crippen molar-refractivity contribution in [3.8, 4) is 0 Å². The second kappa shape index (κ2) is 10.7. The Balaban J connectivity index is 1.44. The fourth-order valence-electron chi connectivity index (χ4n) is 4.88. The van der Waals surface area contributed by atoms with Crippen LogP contribution in [0.1, 0.15) is 60.6 Å². The zero-order valence-corrected chi connectivity index (χ0v) is 20.9. The van der Waals surface area contributed by atoms with Gasteiger partial charge in [-0.3, -0.25) is 0 Å². The lowest BCUT2D eigenvalue weighted by molar-refractivity contribution is -0.897. The Morgan fingerprint density at radius 3 is 2.43 bits per heavy atom. The highest BCUT2D eigenvalue weighted by Gasteiger charge is 2.45. The number of aliphatic hydroxyl groups is 1. The summed E-state index contributed by atoms with van der Waals surface area (Å²) in [7, 11) is 3.84. The van der Waals surface area contributed by atoms with Gasteiger partial charge in [0.1, 0.15) is 6.61 Å². The molecule has 1 aromatic heterocycles. The maximum absolute atomic E-state index is 12.5. The molecule has 0 aliphatic heterocycles. The molecule has 0 spiro atoms. The number of carbonyl (C=O) groups is 1. The smallest absolute Gasteiger partial charge is 0.362 e. The molecule has 7 heteroatoms. The van der Waals surface area contributed by atoms with Gasteiger partial charge in [0.15, 0.2) is 18.7 Å². The molecule has 1 N–H and O–H groups in total. The van der Waals surface area contributed by atoms with Crippen LogP contribution in [0.25, 0.3) is 0 Å². The molecule has 1 fully saturated rings. The van der Waals surface area contributed by atoms with Crippen LogP contribution in [0.5, 0.6) is 0 Å². The second-order valence-electron chi connectivity index (χ2n) is 10.4. The Kier molecular flexibility index (Phi) is 7.67. The molecule has 3 aromatic rings. The van der Waals surface area contributed by atoms with Crippen molar-refractivity contribution >= 4 is 5.97 Å². The Bertz CT molecular complexity index is 1100. The summed E-state index contributed by atoms with van der Waals surface area (Å²) in [5.74, 6) is 0.346. The molecule has 0 radical (unpaired) electrons. The lowest BCUT2D eigenvalue weighted by atomic mass is 9.73. The SMILES string of the molecule is Cc1ccc(COC(=O)C[N+](C)(C)Cc2nnc(C(O)(c3ccccc3)C3CCCCC3)o2)cc1. The van der Waals surface area contributed by atoms with Crippen molar-refractivity contribution in [2.24, 2.45) is 5.92 Å². The first-order valence-electron chi connectivity index (χ1n) is 12.4. The minimum absolute atomic E-state index is 0.0196. The quantitative estimate of drug-likeness (QED) is 0.360. The van der Waals surface area contributed by atoms with Gasteiger partial charge >= 0.3 is 5.97 Å². The van der Waals surface area contributed by atoms with Crippen molar-refractivity contribution < 1.29 is 23.5 Å². The van der Waals surface area contributed by atoms with E-state index in [0.717, 1.165) is 36.8 Å². The molecule has 35 heavy (non-hydrogen) atoms. The average molecular weight is 479 g/mol. The summed E-state index contributed by atoms with van der Waals surface area (Å²) in [4.78, 5) is 12.5. The van der Waals surface area contributed by atoms with Gasteiger partial charge < -0.3 is 18.7 Å². The Morgan fingerprint density at radius 1 is 1.06 bits per heavy atom. The van der Waals surface area contributed by atoms with E-state index < -0.39 is 5.60 Å². The van der Waals surface area contributed by atoms with E-state index in [9.17, 15) is 9.90 Å². The van der Waals surface area contributed by atoms with Gasteiger partial charge in [0.05, 0.1) is 14.1 Å². The summed E-state index contributed by atoms with van der Waals surface area (Å²) in [6.45, 7) is 2.78. The van der Waals surface area contributed by atoms with Crippen molar-refractivity contribution in [1.82, 2.24) is 10.2 Å². The molecule has 7 nitrogen and oxygen atoms in total. The summed E-state index contributed by atoms with van der Waals surface area (Å²) in [6, 6.07) is 17.5. The first kappa shape index (κ1) is 25.1. The second-order valence-corrected chi connectivity index (χ2v) is 10.4. The molecule has 1 heterocycles. The summed E-state index contributed by atoms with van der Waals surface area (Å²) >= 11 is 0. The molecule has 186 valence electrons. The van der Waals surface area contributed by atoms with Crippen molar-refractivity contribution in [2.75, 3.05) is 20.6 Å². The standard InChI is InChI=1S/C28H36N3O4/c1-21-14-16-22(17-15-21)20-34-26(32)19-31(2,3)18-25-29-30-27(35-25)28(33,23-10-6-4-7-11-23)24-12-8-5-9-13-24/h4,6-7,10-11,14-17,24,33H,5,8-9,12-13,18-20H2,1-3H3/q+1. The molecule has 0 amide bonds.